The van der Waals surface area contributed by atoms with Gasteiger partial charge in [-0.05, 0) is 24.6 Å². The minimum absolute atomic E-state index is 0.442. The normalized spacial score (nSPS) is 14.6. The zero-order chi connectivity index (χ0) is 12.5. The summed E-state index contributed by atoms with van der Waals surface area (Å²) in [5.41, 5.74) is 0.690. The van der Waals surface area contributed by atoms with Crippen LogP contribution >= 0.6 is 15.9 Å². The van der Waals surface area contributed by atoms with Crippen molar-refractivity contribution in [3.8, 4) is 0 Å². The van der Waals surface area contributed by atoms with Gasteiger partial charge in [-0.2, -0.15) is 0 Å². The fourth-order valence-corrected chi connectivity index (χ4v) is 2.15. The Kier molecular flexibility index (Phi) is 3.31. The average Bonchev–Trinajstić information content (AvgIpc) is 2.63. The predicted octanol–water partition coefficient (Wildman–Crippen LogP) is 2.03. The van der Waals surface area contributed by atoms with Gasteiger partial charge in [0.1, 0.15) is 0 Å². The molecular formula is C12H14BrN3O. The van der Waals surface area contributed by atoms with Gasteiger partial charge in [-0.15, -0.1) is 5.10 Å². The summed E-state index contributed by atoms with van der Waals surface area (Å²) in [6.07, 6.45) is 2.25. The van der Waals surface area contributed by atoms with Gasteiger partial charge in [0.25, 0.3) is 0 Å². The molecule has 1 heterocycles. The summed E-state index contributed by atoms with van der Waals surface area (Å²) in [6, 6.07) is 7.66. The van der Waals surface area contributed by atoms with Crippen LogP contribution in [0.2, 0.25) is 0 Å². The standard InChI is InChI=1S/C12H14BrN3O/c1-12(17,7-11-8-16(2)15-14-11)9-4-3-5-10(13)6-9/h3-6,8,17H,7H2,1-2H3. The molecule has 1 unspecified atom stereocenters. The molecule has 0 aliphatic rings. The monoisotopic (exact) mass is 295 g/mol. The van der Waals surface area contributed by atoms with Crippen molar-refractivity contribution in [2.45, 2.75) is 18.9 Å². The maximum Gasteiger partial charge on any atom is 0.0925 e. The molecule has 1 N–H and O–H groups in total. The van der Waals surface area contributed by atoms with Crippen molar-refractivity contribution >= 4 is 15.9 Å². The van der Waals surface area contributed by atoms with Crippen LogP contribution in [0.4, 0.5) is 0 Å². The minimum Gasteiger partial charge on any atom is -0.385 e. The lowest BCUT2D eigenvalue weighted by atomic mass is 9.91. The molecule has 2 rings (SSSR count). The fourth-order valence-electron chi connectivity index (χ4n) is 1.75. The Bertz CT molecular complexity index is 522. The molecule has 1 aromatic heterocycles. The highest BCUT2D eigenvalue weighted by Gasteiger charge is 2.25. The Hall–Kier alpha value is -1.20. The van der Waals surface area contributed by atoms with Gasteiger partial charge in [-0.3, -0.25) is 4.68 Å². The predicted molar refractivity (Wildman–Crippen MR) is 68.4 cm³/mol. The van der Waals surface area contributed by atoms with Gasteiger partial charge < -0.3 is 5.11 Å². The second-order valence-corrected chi connectivity index (χ2v) is 5.26. The van der Waals surface area contributed by atoms with E-state index in [1.807, 2.05) is 37.5 Å². The first kappa shape index (κ1) is 12.3. The molecule has 0 amide bonds. The van der Waals surface area contributed by atoms with E-state index in [4.69, 9.17) is 0 Å². The molecule has 0 saturated heterocycles. The van der Waals surface area contributed by atoms with E-state index in [0.717, 1.165) is 15.7 Å². The van der Waals surface area contributed by atoms with E-state index in [-0.39, 0.29) is 0 Å². The van der Waals surface area contributed by atoms with Gasteiger partial charge in [-0.1, -0.05) is 33.3 Å². The molecular weight excluding hydrogens is 282 g/mol. The smallest absolute Gasteiger partial charge is 0.0925 e. The third kappa shape index (κ3) is 2.92. The number of nitrogens with zero attached hydrogens (tertiary/aromatic N) is 3. The van der Waals surface area contributed by atoms with Crippen molar-refractivity contribution in [1.29, 1.82) is 0 Å². The van der Waals surface area contributed by atoms with Gasteiger partial charge in [0.15, 0.2) is 0 Å². The average molecular weight is 296 g/mol. The van der Waals surface area contributed by atoms with E-state index in [0.29, 0.717) is 6.42 Å². The number of hydrogen-bond donors (Lipinski definition) is 1. The van der Waals surface area contributed by atoms with Gasteiger partial charge in [0.2, 0.25) is 0 Å². The van der Waals surface area contributed by atoms with Gasteiger partial charge in [0.05, 0.1) is 11.3 Å². The molecule has 4 nitrogen and oxygen atoms in total. The van der Waals surface area contributed by atoms with Crippen LogP contribution in [0.5, 0.6) is 0 Å². The third-order valence-corrected chi connectivity index (χ3v) is 3.12. The van der Waals surface area contributed by atoms with Crippen LogP contribution < -0.4 is 0 Å². The van der Waals surface area contributed by atoms with Crippen molar-refractivity contribution in [3.05, 3.63) is 46.2 Å². The Morgan fingerprint density at radius 2 is 2.24 bits per heavy atom. The molecule has 1 aromatic carbocycles. The van der Waals surface area contributed by atoms with Crippen LogP contribution in [0.25, 0.3) is 0 Å². The highest BCUT2D eigenvalue weighted by atomic mass is 79.9. The zero-order valence-corrected chi connectivity index (χ0v) is 11.3. The summed E-state index contributed by atoms with van der Waals surface area (Å²) in [5.74, 6) is 0. The quantitative estimate of drug-likeness (QED) is 0.943. The van der Waals surface area contributed by atoms with Crippen LogP contribution in [-0.2, 0) is 19.1 Å². The summed E-state index contributed by atoms with van der Waals surface area (Å²) < 4.78 is 2.58. The molecule has 17 heavy (non-hydrogen) atoms. The van der Waals surface area contributed by atoms with E-state index >= 15 is 0 Å². The van der Waals surface area contributed by atoms with Crippen LogP contribution in [0.1, 0.15) is 18.2 Å². The summed E-state index contributed by atoms with van der Waals surface area (Å²) in [7, 11) is 1.81. The first-order valence-corrected chi connectivity index (χ1v) is 6.10. The fraction of sp³-hybridized carbons (Fsp3) is 0.333. The third-order valence-electron chi connectivity index (χ3n) is 2.62. The Morgan fingerprint density at radius 1 is 1.47 bits per heavy atom. The highest BCUT2D eigenvalue weighted by Crippen LogP contribution is 2.26. The van der Waals surface area contributed by atoms with E-state index in [2.05, 4.69) is 26.2 Å². The maximum atomic E-state index is 10.5. The van der Waals surface area contributed by atoms with Gasteiger partial charge in [0, 0.05) is 24.1 Å². The molecule has 0 radical (unpaired) electrons. The lowest BCUT2D eigenvalue weighted by molar-refractivity contribution is 0.0565. The minimum atomic E-state index is -0.945. The largest absolute Gasteiger partial charge is 0.385 e. The zero-order valence-electron chi connectivity index (χ0n) is 9.76. The van der Waals surface area contributed by atoms with Crippen molar-refractivity contribution in [2.24, 2.45) is 7.05 Å². The second-order valence-electron chi connectivity index (χ2n) is 4.34. The molecule has 0 aliphatic carbocycles. The van der Waals surface area contributed by atoms with E-state index in [9.17, 15) is 5.11 Å². The number of benzene rings is 1. The number of aryl methyl sites for hydroxylation is 1. The molecule has 0 bridgehead atoms. The molecule has 2 aromatic rings. The Balaban J connectivity index is 2.24. The first-order chi connectivity index (χ1) is 7.97. The Morgan fingerprint density at radius 3 is 2.82 bits per heavy atom. The van der Waals surface area contributed by atoms with Crippen molar-refractivity contribution in [3.63, 3.8) is 0 Å². The van der Waals surface area contributed by atoms with Crippen LogP contribution in [0, 0.1) is 0 Å². The lowest BCUT2D eigenvalue weighted by Gasteiger charge is -2.22. The van der Waals surface area contributed by atoms with E-state index in [1.54, 1.807) is 11.6 Å². The molecule has 90 valence electrons. The first-order valence-electron chi connectivity index (χ1n) is 5.31. The van der Waals surface area contributed by atoms with Crippen LogP contribution in [-0.4, -0.2) is 20.1 Å². The van der Waals surface area contributed by atoms with Crippen molar-refractivity contribution in [2.75, 3.05) is 0 Å². The SMILES string of the molecule is Cn1cc(CC(C)(O)c2cccc(Br)c2)nn1. The number of aliphatic hydroxyl groups is 1. The van der Waals surface area contributed by atoms with E-state index in [1.165, 1.54) is 0 Å². The molecule has 0 spiro atoms. The van der Waals surface area contributed by atoms with Crippen molar-refractivity contribution < 1.29 is 5.11 Å². The number of rotatable bonds is 3. The van der Waals surface area contributed by atoms with Crippen LogP contribution in [0.15, 0.2) is 34.9 Å². The Labute approximate surface area is 108 Å². The molecule has 0 aliphatic heterocycles. The van der Waals surface area contributed by atoms with Crippen LogP contribution in [0.3, 0.4) is 0 Å². The molecule has 1 atom stereocenters. The summed E-state index contributed by atoms with van der Waals surface area (Å²) in [5, 5.41) is 18.3. The van der Waals surface area contributed by atoms with E-state index < -0.39 is 5.60 Å². The highest BCUT2D eigenvalue weighted by molar-refractivity contribution is 9.10. The topological polar surface area (TPSA) is 50.9 Å². The summed E-state index contributed by atoms with van der Waals surface area (Å²) >= 11 is 3.40. The molecule has 0 fully saturated rings. The second kappa shape index (κ2) is 4.58. The van der Waals surface area contributed by atoms with Crippen molar-refractivity contribution in [1.82, 2.24) is 15.0 Å². The maximum absolute atomic E-state index is 10.5. The molecule has 5 heteroatoms. The van der Waals surface area contributed by atoms with Gasteiger partial charge >= 0.3 is 0 Å². The lowest BCUT2D eigenvalue weighted by Crippen LogP contribution is -2.24. The molecule has 0 saturated carbocycles. The number of aromatic nitrogens is 3. The van der Waals surface area contributed by atoms with Gasteiger partial charge in [-0.25, -0.2) is 0 Å². The summed E-state index contributed by atoms with van der Waals surface area (Å²) in [6.45, 7) is 1.78. The number of halogens is 1. The number of hydrogen-bond acceptors (Lipinski definition) is 3. The summed E-state index contributed by atoms with van der Waals surface area (Å²) in [4.78, 5) is 0.